The molecule has 1 atom stereocenters. The fourth-order valence-corrected chi connectivity index (χ4v) is 2.73. The maximum Gasteiger partial charge on any atom is 0.335 e. The lowest BCUT2D eigenvalue weighted by atomic mass is 10.1. The zero-order chi connectivity index (χ0) is 18.4. The van der Waals surface area contributed by atoms with Crippen LogP contribution < -0.4 is 10.5 Å². The van der Waals surface area contributed by atoms with Crippen LogP contribution in [-0.2, 0) is 6.54 Å². The van der Waals surface area contributed by atoms with Gasteiger partial charge in [0.05, 0.1) is 5.56 Å². The lowest BCUT2D eigenvalue weighted by Crippen LogP contribution is -2.41. The molecule has 0 heterocycles. The average molecular weight is 342 g/mol. The summed E-state index contributed by atoms with van der Waals surface area (Å²) >= 11 is 0. The predicted octanol–water partition coefficient (Wildman–Crippen LogP) is 3.64. The van der Waals surface area contributed by atoms with Gasteiger partial charge in [0.25, 0.3) is 0 Å². The molecule has 5 nitrogen and oxygen atoms in total. The van der Waals surface area contributed by atoms with E-state index < -0.39 is 5.97 Å². The summed E-state index contributed by atoms with van der Waals surface area (Å²) in [5.74, 6) is -0.272. The maximum atomic E-state index is 10.9. The maximum absolute atomic E-state index is 10.9. The van der Waals surface area contributed by atoms with E-state index in [0.29, 0.717) is 18.4 Å². The number of aromatic carboxylic acids is 1. The molecule has 2 aromatic rings. The van der Waals surface area contributed by atoms with E-state index in [-0.39, 0.29) is 11.6 Å². The van der Waals surface area contributed by atoms with Crippen molar-refractivity contribution in [3.63, 3.8) is 0 Å². The number of carboxylic acid groups (broad SMARTS) is 1. The van der Waals surface area contributed by atoms with Crippen molar-refractivity contribution in [1.29, 1.82) is 0 Å². The molecular formula is C20H26N2O3. The van der Waals surface area contributed by atoms with Crippen molar-refractivity contribution in [2.24, 2.45) is 0 Å². The van der Waals surface area contributed by atoms with Crippen LogP contribution in [0.25, 0.3) is 0 Å². The third-order valence-corrected chi connectivity index (χ3v) is 4.23. The third kappa shape index (κ3) is 5.22. The number of para-hydroxylation sites is 1. The number of hydrogen-bond donors (Lipinski definition) is 2. The SMILES string of the molecule is CC(C)N(Cc1ccccc1N)C(C)COc1ccc(C(=O)O)cc1. The number of ether oxygens (including phenoxy) is 1. The van der Waals surface area contributed by atoms with Gasteiger partial charge in [0, 0.05) is 24.3 Å². The molecular weight excluding hydrogens is 316 g/mol. The molecule has 2 rings (SSSR count). The van der Waals surface area contributed by atoms with Gasteiger partial charge in [0.2, 0.25) is 0 Å². The number of anilines is 1. The second kappa shape index (κ2) is 8.53. The smallest absolute Gasteiger partial charge is 0.335 e. The second-order valence-electron chi connectivity index (χ2n) is 6.45. The van der Waals surface area contributed by atoms with Crippen molar-refractivity contribution in [2.45, 2.75) is 39.4 Å². The molecule has 0 radical (unpaired) electrons. The minimum atomic E-state index is -0.939. The van der Waals surface area contributed by atoms with Crippen LogP contribution in [0, 0.1) is 0 Å². The molecule has 1 unspecified atom stereocenters. The summed E-state index contributed by atoms with van der Waals surface area (Å²) in [7, 11) is 0. The van der Waals surface area contributed by atoms with E-state index in [9.17, 15) is 4.79 Å². The van der Waals surface area contributed by atoms with Gasteiger partial charge in [-0.25, -0.2) is 4.79 Å². The Morgan fingerprint density at radius 2 is 1.76 bits per heavy atom. The van der Waals surface area contributed by atoms with Crippen molar-refractivity contribution in [3.05, 3.63) is 59.7 Å². The van der Waals surface area contributed by atoms with Gasteiger partial charge in [-0.2, -0.15) is 0 Å². The Hall–Kier alpha value is -2.53. The molecule has 0 aliphatic heterocycles. The zero-order valence-corrected chi connectivity index (χ0v) is 15.0. The fourth-order valence-electron chi connectivity index (χ4n) is 2.73. The highest BCUT2D eigenvalue weighted by atomic mass is 16.5. The van der Waals surface area contributed by atoms with E-state index in [1.54, 1.807) is 24.3 Å². The number of hydrogen-bond acceptors (Lipinski definition) is 4. The predicted molar refractivity (Wildman–Crippen MR) is 99.9 cm³/mol. The summed E-state index contributed by atoms with van der Waals surface area (Å²) < 4.78 is 5.84. The van der Waals surface area contributed by atoms with Gasteiger partial charge in [-0.1, -0.05) is 18.2 Å². The molecule has 0 saturated carbocycles. The Balaban J connectivity index is 1.99. The first-order valence-electron chi connectivity index (χ1n) is 8.43. The Morgan fingerprint density at radius 1 is 1.12 bits per heavy atom. The van der Waals surface area contributed by atoms with Crippen molar-refractivity contribution < 1.29 is 14.6 Å². The number of nitrogens with zero attached hydrogens (tertiary/aromatic N) is 1. The van der Waals surface area contributed by atoms with E-state index in [0.717, 1.165) is 17.8 Å². The highest BCUT2D eigenvalue weighted by molar-refractivity contribution is 5.87. The van der Waals surface area contributed by atoms with Crippen LogP contribution >= 0.6 is 0 Å². The summed E-state index contributed by atoms with van der Waals surface area (Å²) in [6, 6.07) is 14.9. The Bertz CT molecular complexity index is 698. The van der Waals surface area contributed by atoms with Crippen LogP contribution in [-0.4, -0.2) is 34.7 Å². The summed E-state index contributed by atoms with van der Waals surface area (Å²) in [5.41, 5.74) is 8.22. The molecule has 0 fully saturated rings. The highest BCUT2D eigenvalue weighted by Gasteiger charge is 2.19. The minimum Gasteiger partial charge on any atom is -0.492 e. The van der Waals surface area contributed by atoms with Crippen LogP contribution in [0.15, 0.2) is 48.5 Å². The molecule has 0 aliphatic carbocycles. The van der Waals surface area contributed by atoms with Crippen LogP contribution in [0.2, 0.25) is 0 Å². The van der Waals surface area contributed by atoms with E-state index >= 15 is 0 Å². The molecule has 3 N–H and O–H groups in total. The zero-order valence-electron chi connectivity index (χ0n) is 15.0. The lowest BCUT2D eigenvalue weighted by Gasteiger charge is -2.33. The van der Waals surface area contributed by atoms with Gasteiger partial charge < -0.3 is 15.6 Å². The topological polar surface area (TPSA) is 75.8 Å². The number of rotatable bonds is 8. The van der Waals surface area contributed by atoms with E-state index in [2.05, 4.69) is 25.7 Å². The Morgan fingerprint density at radius 3 is 2.32 bits per heavy atom. The van der Waals surface area contributed by atoms with Crippen molar-refractivity contribution in [1.82, 2.24) is 4.90 Å². The average Bonchev–Trinajstić information content (AvgIpc) is 2.59. The first-order chi connectivity index (χ1) is 11.9. The second-order valence-corrected chi connectivity index (χ2v) is 6.45. The molecule has 0 bridgehead atoms. The van der Waals surface area contributed by atoms with Gasteiger partial charge in [0.1, 0.15) is 12.4 Å². The Labute approximate surface area is 149 Å². The monoisotopic (exact) mass is 342 g/mol. The Kier molecular flexibility index (Phi) is 6.42. The number of carbonyl (C=O) groups is 1. The summed E-state index contributed by atoms with van der Waals surface area (Å²) in [4.78, 5) is 13.2. The van der Waals surface area contributed by atoms with Gasteiger partial charge in [-0.3, -0.25) is 4.90 Å². The first-order valence-corrected chi connectivity index (χ1v) is 8.43. The molecule has 0 spiro atoms. The van der Waals surface area contributed by atoms with Crippen molar-refractivity contribution in [3.8, 4) is 5.75 Å². The van der Waals surface area contributed by atoms with E-state index in [4.69, 9.17) is 15.6 Å². The number of carboxylic acids is 1. The molecule has 25 heavy (non-hydrogen) atoms. The minimum absolute atomic E-state index is 0.179. The van der Waals surface area contributed by atoms with Crippen LogP contribution in [0.5, 0.6) is 5.75 Å². The number of nitrogens with two attached hydrogens (primary N) is 1. The number of nitrogen functional groups attached to an aromatic ring is 1. The van der Waals surface area contributed by atoms with Gasteiger partial charge in [-0.05, 0) is 56.7 Å². The van der Waals surface area contributed by atoms with Crippen LogP contribution in [0.4, 0.5) is 5.69 Å². The molecule has 0 aliphatic rings. The van der Waals surface area contributed by atoms with E-state index in [1.165, 1.54) is 0 Å². The molecule has 5 heteroatoms. The van der Waals surface area contributed by atoms with Gasteiger partial charge in [0.15, 0.2) is 0 Å². The van der Waals surface area contributed by atoms with Gasteiger partial charge in [-0.15, -0.1) is 0 Å². The standard InChI is InChI=1S/C20H26N2O3/c1-14(2)22(12-17-6-4-5-7-19(17)21)15(3)13-25-18-10-8-16(9-11-18)20(23)24/h4-11,14-15H,12-13,21H2,1-3H3,(H,23,24). The molecule has 134 valence electrons. The summed E-state index contributed by atoms with van der Waals surface area (Å²) in [6.45, 7) is 7.68. The normalized spacial score (nSPS) is 12.4. The molecule has 0 aromatic heterocycles. The highest BCUT2D eigenvalue weighted by Crippen LogP contribution is 2.19. The van der Waals surface area contributed by atoms with Crippen LogP contribution in [0.1, 0.15) is 36.7 Å². The fraction of sp³-hybridized carbons (Fsp3) is 0.350. The third-order valence-electron chi connectivity index (χ3n) is 4.23. The quantitative estimate of drug-likeness (QED) is 0.716. The largest absolute Gasteiger partial charge is 0.492 e. The van der Waals surface area contributed by atoms with Crippen LogP contribution in [0.3, 0.4) is 0 Å². The van der Waals surface area contributed by atoms with Crippen molar-refractivity contribution in [2.75, 3.05) is 12.3 Å². The summed E-state index contributed by atoms with van der Waals surface area (Å²) in [6.07, 6.45) is 0. The van der Waals surface area contributed by atoms with E-state index in [1.807, 2.05) is 24.3 Å². The van der Waals surface area contributed by atoms with Crippen molar-refractivity contribution >= 4 is 11.7 Å². The molecule has 2 aromatic carbocycles. The number of benzene rings is 2. The molecule has 0 amide bonds. The lowest BCUT2D eigenvalue weighted by molar-refractivity contribution is 0.0696. The summed E-state index contributed by atoms with van der Waals surface area (Å²) in [5, 5.41) is 8.93. The van der Waals surface area contributed by atoms with Gasteiger partial charge >= 0.3 is 5.97 Å². The first kappa shape index (κ1) is 18.8. The molecule has 0 saturated heterocycles.